The van der Waals surface area contributed by atoms with Crippen LogP contribution in [-0.4, -0.2) is 66.1 Å². The molecule has 2 heterocycles. The van der Waals surface area contributed by atoms with Crippen molar-refractivity contribution in [2.45, 2.75) is 38.0 Å². The Morgan fingerprint density at radius 2 is 1.41 bits per heavy atom. The lowest BCUT2D eigenvalue weighted by atomic mass is 9.82. The fourth-order valence-electron chi connectivity index (χ4n) is 6.61. The van der Waals surface area contributed by atoms with Crippen molar-refractivity contribution in [2.75, 3.05) is 27.0 Å². The molecule has 268 valence electrons. The maximum Gasteiger partial charge on any atom is 0.490 e. The van der Waals surface area contributed by atoms with Gasteiger partial charge in [-0.1, -0.05) is 66.7 Å². The number of halogens is 3. The molecule has 4 aromatic carbocycles. The van der Waals surface area contributed by atoms with Crippen LogP contribution in [0.4, 0.5) is 13.2 Å². The van der Waals surface area contributed by atoms with Gasteiger partial charge in [0.05, 0.1) is 25.6 Å². The topological polar surface area (TPSA) is 135 Å². The zero-order chi connectivity index (χ0) is 36.9. The van der Waals surface area contributed by atoms with Gasteiger partial charge in [0.2, 0.25) is 12.7 Å². The van der Waals surface area contributed by atoms with Crippen LogP contribution >= 0.6 is 0 Å². The van der Waals surface area contributed by atoms with E-state index in [4.69, 9.17) is 24.1 Å². The van der Waals surface area contributed by atoms with E-state index in [0.29, 0.717) is 23.8 Å². The van der Waals surface area contributed by atoms with E-state index in [1.807, 2.05) is 110 Å². The Hall–Kier alpha value is -5.56. The Balaban J connectivity index is 0.000000654. The Morgan fingerprint density at radius 1 is 0.863 bits per heavy atom. The van der Waals surface area contributed by atoms with Crippen LogP contribution in [0.15, 0.2) is 91.0 Å². The highest BCUT2D eigenvalue weighted by Gasteiger charge is 2.48. The highest BCUT2D eigenvalue weighted by molar-refractivity contribution is 5.80. The summed E-state index contributed by atoms with van der Waals surface area (Å²) in [5, 5.41) is 21.0. The number of nitrogens with one attached hydrogen (secondary N) is 1. The van der Waals surface area contributed by atoms with Crippen molar-refractivity contribution < 1.29 is 52.0 Å². The number of hydrogen-bond donors (Lipinski definition) is 3. The number of aryl methyl sites for hydroxylation is 2. The number of aliphatic carboxylic acids is 2. The fourth-order valence-corrected chi connectivity index (χ4v) is 6.61. The van der Waals surface area contributed by atoms with E-state index in [0.717, 1.165) is 33.4 Å². The number of benzene rings is 4. The molecule has 1 fully saturated rings. The number of amides is 1. The predicted molar refractivity (Wildman–Crippen MR) is 180 cm³/mol. The molecule has 1 saturated heterocycles. The molecule has 0 bridgehead atoms. The number of alkyl halides is 3. The van der Waals surface area contributed by atoms with Crippen LogP contribution in [0.2, 0.25) is 0 Å². The van der Waals surface area contributed by atoms with E-state index in [-0.39, 0.29) is 31.2 Å². The Morgan fingerprint density at radius 3 is 1.94 bits per heavy atom. The number of likely N-dealkylation sites (tertiary alicyclic amines) is 1. The molecule has 0 unspecified atom stereocenters. The van der Waals surface area contributed by atoms with Crippen LogP contribution in [0, 0.1) is 19.8 Å². The number of carboxylic acids is 2. The molecule has 4 aromatic rings. The molecule has 10 nitrogen and oxygen atoms in total. The van der Waals surface area contributed by atoms with E-state index in [2.05, 4.69) is 5.32 Å². The molecule has 3 atom stereocenters. The van der Waals surface area contributed by atoms with Gasteiger partial charge in [-0.3, -0.25) is 14.5 Å². The van der Waals surface area contributed by atoms with Crippen molar-refractivity contribution in [3.8, 4) is 17.2 Å². The third kappa shape index (κ3) is 8.43. The van der Waals surface area contributed by atoms with Crippen LogP contribution in [0.3, 0.4) is 0 Å². The molecule has 2 aliphatic heterocycles. The molecular weight excluding hydrogens is 669 g/mol. The van der Waals surface area contributed by atoms with Gasteiger partial charge >= 0.3 is 18.1 Å². The molecule has 3 N–H and O–H groups in total. The van der Waals surface area contributed by atoms with E-state index in [9.17, 15) is 27.9 Å². The SMILES string of the molecule is COc1ccc([C@H]2[C@H](C(=O)O)[C@@H](c3ccc4c(c3)OCO4)CN2CC(=O)NC(c2ccccc2C)c2ccccc2C)cc1.O=C(O)C(F)(F)F. The zero-order valence-electron chi connectivity index (χ0n) is 28.0. The number of methoxy groups -OCH3 is 1. The van der Waals surface area contributed by atoms with Gasteiger partial charge < -0.3 is 29.7 Å². The molecule has 51 heavy (non-hydrogen) atoms. The number of fused-ring (bicyclic) bond motifs is 1. The summed E-state index contributed by atoms with van der Waals surface area (Å²) in [6, 6.07) is 28.2. The quantitative estimate of drug-likeness (QED) is 0.180. The minimum atomic E-state index is -5.08. The summed E-state index contributed by atoms with van der Waals surface area (Å²) >= 11 is 0. The van der Waals surface area contributed by atoms with Gasteiger partial charge in [-0.25, -0.2) is 4.79 Å². The monoisotopic (exact) mass is 706 g/mol. The Kier molecular flexibility index (Phi) is 11.2. The number of carboxylic acid groups (broad SMARTS) is 2. The lowest BCUT2D eigenvalue weighted by Gasteiger charge is -2.29. The summed E-state index contributed by atoms with van der Waals surface area (Å²) < 4.78 is 48.2. The van der Waals surface area contributed by atoms with Crippen molar-refractivity contribution in [1.29, 1.82) is 0 Å². The van der Waals surface area contributed by atoms with Crippen LogP contribution < -0.4 is 19.5 Å². The summed E-state index contributed by atoms with van der Waals surface area (Å²) in [5.41, 5.74) is 5.83. The minimum absolute atomic E-state index is 0.0236. The maximum absolute atomic E-state index is 14.0. The maximum atomic E-state index is 14.0. The predicted octanol–water partition coefficient (Wildman–Crippen LogP) is 6.42. The third-order valence-corrected chi connectivity index (χ3v) is 9.06. The van der Waals surface area contributed by atoms with E-state index in [1.54, 1.807) is 7.11 Å². The van der Waals surface area contributed by atoms with E-state index < -0.39 is 30.1 Å². The van der Waals surface area contributed by atoms with Gasteiger partial charge in [0.15, 0.2) is 11.5 Å². The molecule has 0 spiro atoms. The second kappa shape index (κ2) is 15.5. The summed E-state index contributed by atoms with van der Waals surface area (Å²) in [6.45, 7) is 4.62. The second-order valence-electron chi connectivity index (χ2n) is 12.2. The second-order valence-corrected chi connectivity index (χ2v) is 12.2. The van der Waals surface area contributed by atoms with Crippen molar-refractivity contribution in [3.63, 3.8) is 0 Å². The van der Waals surface area contributed by atoms with Gasteiger partial charge in [-0.2, -0.15) is 13.2 Å². The zero-order valence-corrected chi connectivity index (χ0v) is 28.0. The molecule has 2 aliphatic rings. The number of rotatable bonds is 9. The molecule has 0 radical (unpaired) electrons. The van der Waals surface area contributed by atoms with Gasteiger partial charge in [0.25, 0.3) is 0 Å². The first-order valence-corrected chi connectivity index (χ1v) is 16.0. The Labute approximate surface area is 292 Å². The first kappa shape index (κ1) is 36.7. The highest BCUT2D eigenvalue weighted by atomic mass is 19.4. The lowest BCUT2D eigenvalue weighted by Crippen LogP contribution is -2.40. The molecular formula is C38H37F3N2O8. The average Bonchev–Trinajstić information content (AvgIpc) is 3.72. The summed E-state index contributed by atoms with van der Waals surface area (Å²) in [4.78, 5) is 37.8. The number of carbonyl (C=O) groups is 3. The van der Waals surface area contributed by atoms with E-state index in [1.165, 1.54) is 0 Å². The van der Waals surface area contributed by atoms with Gasteiger partial charge in [-0.05, 0) is 71.5 Å². The molecule has 0 saturated carbocycles. The molecule has 1 amide bonds. The standard InChI is InChI=1S/C36H36N2O6.C2HF3O2/c1-22-8-4-6-10-27(22)34(28-11-7-5-9-23(28)2)37-32(39)20-38-19-29(25-14-17-30-31(18-25)44-21-43-30)33(36(40)41)35(38)24-12-15-26(42-3)16-13-24;3-2(4,5)1(6)7/h4-18,29,33-35H,19-21H2,1-3H3,(H,37,39)(H,40,41);(H,6,7)/t29-,33-,35+;/m1./s1. The molecule has 0 aliphatic carbocycles. The number of nitrogens with zero attached hydrogens (tertiary/aromatic N) is 1. The summed E-state index contributed by atoms with van der Waals surface area (Å²) in [6.07, 6.45) is -5.08. The van der Waals surface area contributed by atoms with Crippen LogP contribution in [0.1, 0.15) is 51.4 Å². The summed E-state index contributed by atoms with van der Waals surface area (Å²) in [5.74, 6) is -3.14. The lowest BCUT2D eigenvalue weighted by molar-refractivity contribution is -0.192. The van der Waals surface area contributed by atoms with Crippen LogP contribution in [-0.2, 0) is 14.4 Å². The molecule has 6 rings (SSSR count). The average molecular weight is 707 g/mol. The normalized spacial score (nSPS) is 18.1. The smallest absolute Gasteiger partial charge is 0.490 e. The highest BCUT2D eigenvalue weighted by Crippen LogP contribution is 2.48. The van der Waals surface area contributed by atoms with Crippen molar-refractivity contribution >= 4 is 17.8 Å². The number of hydrogen-bond acceptors (Lipinski definition) is 7. The van der Waals surface area contributed by atoms with Crippen LogP contribution in [0.25, 0.3) is 0 Å². The molecule has 0 aromatic heterocycles. The van der Waals surface area contributed by atoms with Gasteiger partial charge in [-0.15, -0.1) is 0 Å². The van der Waals surface area contributed by atoms with Crippen LogP contribution in [0.5, 0.6) is 17.2 Å². The van der Waals surface area contributed by atoms with Crippen molar-refractivity contribution in [1.82, 2.24) is 10.2 Å². The Bertz CT molecular complexity index is 1840. The summed E-state index contributed by atoms with van der Waals surface area (Å²) in [7, 11) is 1.59. The first-order valence-electron chi connectivity index (χ1n) is 16.0. The number of carbonyl (C=O) groups excluding carboxylic acids is 1. The van der Waals surface area contributed by atoms with Crippen molar-refractivity contribution in [2.24, 2.45) is 5.92 Å². The minimum Gasteiger partial charge on any atom is -0.497 e. The van der Waals surface area contributed by atoms with Crippen molar-refractivity contribution in [3.05, 3.63) is 124 Å². The van der Waals surface area contributed by atoms with E-state index >= 15 is 0 Å². The third-order valence-electron chi connectivity index (χ3n) is 9.06. The first-order chi connectivity index (χ1) is 24.3. The van der Waals surface area contributed by atoms with Gasteiger partial charge in [0.1, 0.15) is 5.75 Å². The largest absolute Gasteiger partial charge is 0.497 e. The van der Waals surface area contributed by atoms with Gasteiger partial charge in [0, 0.05) is 18.5 Å². The molecule has 13 heteroatoms. The fraction of sp³-hybridized carbons (Fsp3) is 0.289. The number of ether oxygens (including phenoxy) is 3.